The zero-order valence-electron chi connectivity index (χ0n) is 15.8. The van der Waals surface area contributed by atoms with Gasteiger partial charge in [0.05, 0.1) is 11.5 Å². The van der Waals surface area contributed by atoms with Gasteiger partial charge in [0.25, 0.3) is 0 Å². The third-order valence-corrected chi connectivity index (χ3v) is 7.78. The van der Waals surface area contributed by atoms with Crippen LogP contribution < -0.4 is 5.32 Å². The highest BCUT2D eigenvalue weighted by Gasteiger charge is 2.28. The zero-order valence-corrected chi connectivity index (χ0v) is 18.9. The van der Waals surface area contributed by atoms with Crippen LogP contribution in [0.25, 0.3) is 0 Å². The van der Waals surface area contributed by atoms with Crippen molar-refractivity contribution in [3.05, 3.63) is 35.4 Å². The van der Waals surface area contributed by atoms with Gasteiger partial charge in [-0.25, -0.2) is 8.42 Å². The first-order valence-electron chi connectivity index (χ1n) is 9.92. The molecule has 150 valence electrons. The van der Waals surface area contributed by atoms with E-state index < -0.39 is 9.84 Å². The van der Waals surface area contributed by atoms with E-state index in [0.717, 1.165) is 31.9 Å². The largest absolute Gasteiger partial charge is 0.353 e. The van der Waals surface area contributed by atoms with E-state index in [4.69, 9.17) is 4.99 Å². The number of nitrogens with zero attached hydrogens (tertiary/aromatic N) is 2. The average molecular weight is 503 g/mol. The summed E-state index contributed by atoms with van der Waals surface area (Å²) in [7, 11) is -2.83. The van der Waals surface area contributed by atoms with E-state index in [1.807, 2.05) is 0 Å². The van der Waals surface area contributed by atoms with Gasteiger partial charge in [-0.1, -0.05) is 37.1 Å². The SMILES string of the molecule is I.O=S1(=O)CCC(CN=C(NC2CCCC2)N2CCc3ccccc3C2)C1. The van der Waals surface area contributed by atoms with Crippen molar-refractivity contribution in [3.63, 3.8) is 0 Å². The van der Waals surface area contributed by atoms with E-state index in [-0.39, 0.29) is 29.9 Å². The molecule has 5 nitrogen and oxygen atoms in total. The van der Waals surface area contributed by atoms with Crippen molar-refractivity contribution in [2.24, 2.45) is 10.9 Å². The summed E-state index contributed by atoms with van der Waals surface area (Å²) < 4.78 is 23.5. The van der Waals surface area contributed by atoms with Crippen LogP contribution in [0.4, 0.5) is 0 Å². The summed E-state index contributed by atoms with van der Waals surface area (Å²) in [6.07, 6.45) is 6.79. The highest BCUT2D eigenvalue weighted by molar-refractivity contribution is 14.0. The van der Waals surface area contributed by atoms with Gasteiger partial charge in [-0.15, -0.1) is 24.0 Å². The van der Waals surface area contributed by atoms with E-state index in [1.165, 1.54) is 36.8 Å². The molecule has 27 heavy (non-hydrogen) atoms. The summed E-state index contributed by atoms with van der Waals surface area (Å²) in [4.78, 5) is 7.25. The van der Waals surface area contributed by atoms with Crippen LogP contribution in [0.1, 0.15) is 43.2 Å². The molecule has 0 spiro atoms. The Morgan fingerprint density at radius 1 is 1.15 bits per heavy atom. The van der Waals surface area contributed by atoms with Gasteiger partial charge in [0.1, 0.15) is 0 Å². The number of fused-ring (bicyclic) bond motifs is 1. The summed E-state index contributed by atoms with van der Waals surface area (Å²) in [5.41, 5.74) is 2.81. The highest BCUT2D eigenvalue weighted by atomic mass is 127. The van der Waals surface area contributed by atoms with Gasteiger partial charge in [0.2, 0.25) is 0 Å². The fourth-order valence-electron chi connectivity index (χ4n) is 4.40. The minimum Gasteiger partial charge on any atom is -0.353 e. The molecule has 1 aromatic rings. The van der Waals surface area contributed by atoms with E-state index in [2.05, 4.69) is 34.5 Å². The fraction of sp³-hybridized carbons (Fsp3) is 0.650. The van der Waals surface area contributed by atoms with Crippen molar-refractivity contribution in [2.75, 3.05) is 24.6 Å². The second-order valence-electron chi connectivity index (χ2n) is 8.00. The molecule has 1 atom stereocenters. The Labute approximate surface area is 179 Å². The molecule has 1 aromatic carbocycles. The molecule has 2 aliphatic heterocycles. The van der Waals surface area contributed by atoms with Gasteiger partial charge < -0.3 is 10.2 Å². The van der Waals surface area contributed by atoms with Gasteiger partial charge in [-0.2, -0.15) is 0 Å². The van der Waals surface area contributed by atoms with Crippen LogP contribution in [-0.4, -0.2) is 49.9 Å². The normalized spacial score (nSPS) is 25.1. The number of guanidine groups is 1. The summed E-state index contributed by atoms with van der Waals surface area (Å²) in [5.74, 6) is 1.79. The lowest BCUT2D eigenvalue weighted by atomic mass is 10.0. The lowest BCUT2D eigenvalue weighted by Crippen LogP contribution is -2.47. The minimum absolute atomic E-state index is 0. The molecule has 1 saturated heterocycles. The van der Waals surface area contributed by atoms with Gasteiger partial charge in [0, 0.05) is 25.7 Å². The molecule has 2 heterocycles. The van der Waals surface area contributed by atoms with Crippen LogP contribution in [0.2, 0.25) is 0 Å². The molecular formula is C20H30IN3O2S. The monoisotopic (exact) mass is 503 g/mol. The predicted octanol–water partition coefficient (Wildman–Crippen LogP) is 2.99. The second-order valence-corrected chi connectivity index (χ2v) is 10.2. The van der Waals surface area contributed by atoms with Crippen LogP contribution >= 0.6 is 24.0 Å². The molecule has 0 amide bonds. The van der Waals surface area contributed by atoms with Crippen molar-refractivity contribution in [1.29, 1.82) is 0 Å². The first-order valence-corrected chi connectivity index (χ1v) is 11.7. The summed E-state index contributed by atoms with van der Waals surface area (Å²) in [6.45, 7) is 2.47. The molecular weight excluding hydrogens is 473 g/mol. The van der Waals surface area contributed by atoms with Crippen LogP contribution in [0, 0.1) is 5.92 Å². The van der Waals surface area contributed by atoms with Crippen molar-refractivity contribution in [1.82, 2.24) is 10.2 Å². The third kappa shape index (κ3) is 5.37. The maximum absolute atomic E-state index is 11.7. The van der Waals surface area contributed by atoms with Gasteiger partial charge in [-0.3, -0.25) is 4.99 Å². The lowest BCUT2D eigenvalue weighted by Gasteiger charge is -2.33. The lowest BCUT2D eigenvalue weighted by molar-refractivity contribution is 0.369. The number of sulfone groups is 1. The van der Waals surface area contributed by atoms with Crippen molar-refractivity contribution in [2.45, 2.75) is 51.1 Å². The molecule has 7 heteroatoms. The van der Waals surface area contributed by atoms with Crippen molar-refractivity contribution >= 4 is 39.8 Å². The smallest absolute Gasteiger partial charge is 0.194 e. The Hall–Kier alpha value is -0.830. The van der Waals surface area contributed by atoms with Crippen molar-refractivity contribution in [3.8, 4) is 0 Å². The number of halogens is 1. The quantitative estimate of drug-likeness (QED) is 0.392. The highest BCUT2D eigenvalue weighted by Crippen LogP contribution is 2.22. The van der Waals surface area contributed by atoms with Gasteiger partial charge in [-0.05, 0) is 42.7 Å². The first-order chi connectivity index (χ1) is 12.6. The molecule has 0 radical (unpaired) electrons. The Morgan fingerprint density at radius 2 is 1.89 bits per heavy atom. The molecule has 1 saturated carbocycles. The minimum atomic E-state index is -2.83. The second kappa shape index (κ2) is 9.11. The molecule has 0 bridgehead atoms. The summed E-state index contributed by atoms with van der Waals surface area (Å²) in [6, 6.07) is 9.15. The maximum Gasteiger partial charge on any atom is 0.194 e. The third-order valence-electron chi connectivity index (χ3n) is 5.94. The first kappa shape index (κ1) is 20.9. The average Bonchev–Trinajstić information content (AvgIpc) is 3.27. The van der Waals surface area contributed by atoms with Crippen LogP contribution in [0.5, 0.6) is 0 Å². The van der Waals surface area contributed by atoms with E-state index in [0.29, 0.717) is 24.1 Å². The number of rotatable bonds is 3. The molecule has 2 fully saturated rings. The number of hydrogen-bond donors (Lipinski definition) is 1. The van der Waals surface area contributed by atoms with E-state index in [1.54, 1.807) is 0 Å². The zero-order chi connectivity index (χ0) is 18.0. The van der Waals surface area contributed by atoms with E-state index >= 15 is 0 Å². The number of nitrogens with one attached hydrogen (secondary N) is 1. The Morgan fingerprint density at radius 3 is 2.59 bits per heavy atom. The number of benzene rings is 1. The van der Waals surface area contributed by atoms with Crippen LogP contribution in [0.3, 0.4) is 0 Å². The standard InChI is InChI=1S/C20H29N3O2S.HI/c24-26(25)12-10-16(15-26)13-21-20(22-19-7-3-4-8-19)23-11-9-17-5-1-2-6-18(17)14-23;/h1-2,5-6,16,19H,3-4,7-15H2,(H,21,22);1H. The van der Waals surface area contributed by atoms with Crippen LogP contribution in [0.15, 0.2) is 29.3 Å². The summed E-state index contributed by atoms with van der Waals surface area (Å²) in [5, 5.41) is 3.69. The van der Waals surface area contributed by atoms with Gasteiger partial charge in [0.15, 0.2) is 15.8 Å². The topological polar surface area (TPSA) is 61.8 Å². The predicted molar refractivity (Wildman–Crippen MR) is 120 cm³/mol. The van der Waals surface area contributed by atoms with Crippen molar-refractivity contribution < 1.29 is 8.42 Å². The molecule has 1 unspecified atom stereocenters. The fourth-order valence-corrected chi connectivity index (χ4v) is 6.25. The Bertz CT molecular complexity index is 775. The molecule has 1 aliphatic carbocycles. The summed E-state index contributed by atoms with van der Waals surface area (Å²) >= 11 is 0. The molecule has 1 N–H and O–H groups in total. The molecule has 4 rings (SSSR count). The Balaban J connectivity index is 0.00000210. The molecule has 0 aromatic heterocycles. The number of hydrogen-bond acceptors (Lipinski definition) is 3. The molecule has 3 aliphatic rings. The number of aliphatic imine (C=N–C) groups is 1. The van der Waals surface area contributed by atoms with E-state index in [9.17, 15) is 8.42 Å². The van der Waals surface area contributed by atoms with Gasteiger partial charge >= 0.3 is 0 Å². The maximum atomic E-state index is 11.7. The Kier molecular flexibility index (Phi) is 7.05. The van der Waals surface area contributed by atoms with Crippen LogP contribution in [-0.2, 0) is 22.8 Å².